The molecule has 1 aromatic carbocycles. The smallest absolute Gasteiger partial charge is 0.422 e. The third-order valence-electron chi connectivity index (χ3n) is 1.47. The van der Waals surface area contributed by atoms with Crippen molar-refractivity contribution < 1.29 is 23.0 Å². The summed E-state index contributed by atoms with van der Waals surface area (Å²) >= 11 is 0. The average Bonchev–Trinajstić information content (AvgIpc) is 2.14. The van der Waals surface area contributed by atoms with Gasteiger partial charge >= 0.3 is 6.18 Å². The van der Waals surface area contributed by atoms with Gasteiger partial charge in [0.1, 0.15) is 12.4 Å². The molecular formula is C9H8F3O2. The zero-order valence-electron chi connectivity index (χ0n) is 7.17. The summed E-state index contributed by atoms with van der Waals surface area (Å²) in [6.07, 6.45) is -4.35. The highest BCUT2D eigenvalue weighted by Gasteiger charge is 2.28. The minimum atomic E-state index is -4.35. The maximum atomic E-state index is 11.7. The van der Waals surface area contributed by atoms with Crippen LogP contribution in [-0.2, 0) is 11.7 Å². The predicted molar refractivity (Wildman–Crippen MR) is 42.4 cm³/mol. The first kappa shape index (κ1) is 10.8. The Balaban J connectivity index is 2.59. The molecule has 2 nitrogen and oxygen atoms in total. The molecule has 1 rings (SSSR count). The number of hydrogen-bond donors (Lipinski definition) is 0. The number of hydrogen-bond acceptors (Lipinski definition) is 1. The molecule has 77 valence electrons. The molecule has 0 aliphatic heterocycles. The largest absolute Gasteiger partial charge is 0.484 e. The van der Waals surface area contributed by atoms with E-state index in [9.17, 15) is 18.3 Å². The van der Waals surface area contributed by atoms with Gasteiger partial charge in [-0.1, -0.05) is 12.1 Å². The number of rotatable bonds is 3. The molecule has 0 saturated carbocycles. The van der Waals surface area contributed by atoms with E-state index >= 15 is 0 Å². The highest BCUT2D eigenvalue weighted by atomic mass is 19.4. The molecule has 0 aromatic heterocycles. The van der Waals surface area contributed by atoms with Crippen LogP contribution in [0, 0.1) is 0 Å². The van der Waals surface area contributed by atoms with Crippen molar-refractivity contribution in [3.05, 3.63) is 29.8 Å². The van der Waals surface area contributed by atoms with Gasteiger partial charge in [0.25, 0.3) is 0 Å². The van der Waals surface area contributed by atoms with Crippen LogP contribution in [0.3, 0.4) is 0 Å². The lowest BCUT2D eigenvalue weighted by Gasteiger charge is -2.09. The molecule has 1 radical (unpaired) electrons. The third kappa shape index (κ3) is 3.66. The lowest BCUT2D eigenvalue weighted by atomic mass is 10.2. The molecule has 0 fully saturated rings. The van der Waals surface area contributed by atoms with Crippen LogP contribution >= 0.6 is 0 Å². The quantitative estimate of drug-likeness (QED) is 0.745. The van der Waals surface area contributed by atoms with Gasteiger partial charge in [-0.25, -0.2) is 5.11 Å². The second kappa shape index (κ2) is 4.32. The van der Waals surface area contributed by atoms with E-state index in [2.05, 4.69) is 4.74 Å². The van der Waals surface area contributed by atoms with Gasteiger partial charge in [0.15, 0.2) is 6.61 Å². The Morgan fingerprint density at radius 3 is 2.57 bits per heavy atom. The van der Waals surface area contributed by atoms with Crippen LogP contribution in [0.15, 0.2) is 24.3 Å². The van der Waals surface area contributed by atoms with E-state index in [0.717, 1.165) is 0 Å². The van der Waals surface area contributed by atoms with Gasteiger partial charge in [0.05, 0.1) is 0 Å². The Bertz CT molecular complexity index is 296. The van der Waals surface area contributed by atoms with E-state index in [0.29, 0.717) is 5.56 Å². The Kier molecular flexibility index (Phi) is 3.35. The Labute approximate surface area is 78.9 Å². The van der Waals surface area contributed by atoms with E-state index in [1.807, 2.05) is 0 Å². The fraction of sp³-hybridized carbons (Fsp3) is 0.333. The monoisotopic (exact) mass is 205 g/mol. The molecular weight excluding hydrogens is 197 g/mol. The summed E-state index contributed by atoms with van der Waals surface area (Å²) < 4.78 is 39.7. The number of ether oxygens (including phenoxy) is 1. The number of benzene rings is 1. The summed E-state index contributed by atoms with van der Waals surface area (Å²) in [5.41, 5.74) is 0.407. The van der Waals surface area contributed by atoms with Crippen LogP contribution in [0.4, 0.5) is 13.2 Å². The van der Waals surface area contributed by atoms with E-state index in [1.165, 1.54) is 24.3 Å². The first-order chi connectivity index (χ1) is 6.51. The van der Waals surface area contributed by atoms with Gasteiger partial charge in [-0.15, -0.1) is 0 Å². The van der Waals surface area contributed by atoms with Gasteiger partial charge in [-0.2, -0.15) is 13.2 Å². The van der Waals surface area contributed by atoms with E-state index in [-0.39, 0.29) is 5.75 Å². The standard InChI is InChI=1S/C9H8F3O2/c10-9(11,12)6-14-8-3-1-2-7(4-8)5-13/h1-4H,5-6H2. The highest BCUT2D eigenvalue weighted by molar-refractivity contribution is 5.27. The predicted octanol–water partition coefficient (Wildman–Crippen LogP) is 2.56. The molecule has 1 aromatic rings. The molecule has 0 spiro atoms. The molecule has 0 unspecified atom stereocenters. The minimum Gasteiger partial charge on any atom is -0.484 e. The highest BCUT2D eigenvalue weighted by Crippen LogP contribution is 2.19. The lowest BCUT2D eigenvalue weighted by molar-refractivity contribution is -0.153. The van der Waals surface area contributed by atoms with Crippen LogP contribution in [0.25, 0.3) is 0 Å². The normalized spacial score (nSPS) is 11.4. The second-order valence-electron chi connectivity index (χ2n) is 2.70. The van der Waals surface area contributed by atoms with Gasteiger partial charge in [-0.05, 0) is 17.7 Å². The maximum absolute atomic E-state index is 11.7. The van der Waals surface area contributed by atoms with Crippen LogP contribution in [-0.4, -0.2) is 12.8 Å². The van der Waals surface area contributed by atoms with Crippen molar-refractivity contribution in [2.45, 2.75) is 12.8 Å². The molecule has 0 aliphatic rings. The summed E-state index contributed by atoms with van der Waals surface area (Å²) in [6.45, 7) is -1.81. The Morgan fingerprint density at radius 2 is 2.00 bits per heavy atom. The topological polar surface area (TPSA) is 29.1 Å². The summed E-state index contributed by atoms with van der Waals surface area (Å²) in [5.74, 6) is 0.0654. The van der Waals surface area contributed by atoms with Crippen LogP contribution in [0.2, 0.25) is 0 Å². The fourth-order valence-corrected chi connectivity index (χ4v) is 0.890. The maximum Gasteiger partial charge on any atom is 0.422 e. The molecule has 0 aliphatic carbocycles. The second-order valence-corrected chi connectivity index (χ2v) is 2.70. The molecule has 0 atom stereocenters. The molecule has 0 N–H and O–H groups in total. The Hall–Kier alpha value is -1.23. The van der Waals surface area contributed by atoms with E-state index in [1.54, 1.807) is 0 Å². The van der Waals surface area contributed by atoms with Crippen LogP contribution in [0.1, 0.15) is 5.56 Å². The van der Waals surface area contributed by atoms with Gasteiger partial charge < -0.3 is 4.74 Å². The zero-order chi connectivity index (χ0) is 10.6. The van der Waals surface area contributed by atoms with Gasteiger partial charge in [0, 0.05) is 0 Å². The van der Waals surface area contributed by atoms with Crippen LogP contribution in [0.5, 0.6) is 5.75 Å². The van der Waals surface area contributed by atoms with Crippen molar-refractivity contribution in [2.75, 3.05) is 6.61 Å². The minimum absolute atomic E-state index is 0.0654. The first-order valence-corrected chi connectivity index (χ1v) is 3.88. The van der Waals surface area contributed by atoms with E-state index in [4.69, 9.17) is 0 Å². The van der Waals surface area contributed by atoms with Crippen molar-refractivity contribution in [3.8, 4) is 5.75 Å². The van der Waals surface area contributed by atoms with Crippen LogP contribution < -0.4 is 4.74 Å². The molecule has 0 bridgehead atoms. The number of halogens is 3. The summed E-state index contributed by atoms with van der Waals surface area (Å²) in [5, 5.41) is 10.4. The summed E-state index contributed by atoms with van der Waals surface area (Å²) in [7, 11) is 0. The lowest BCUT2D eigenvalue weighted by Crippen LogP contribution is -2.19. The molecule has 14 heavy (non-hydrogen) atoms. The van der Waals surface area contributed by atoms with Crippen molar-refractivity contribution >= 4 is 0 Å². The molecule has 0 saturated heterocycles. The molecule has 0 amide bonds. The SMILES string of the molecule is [O]Cc1cccc(OCC(F)(F)F)c1. The van der Waals surface area contributed by atoms with Crippen molar-refractivity contribution in [3.63, 3.8) is 0 Å². The number of alkyl halides is 3. The fourth-order valence-electron chi connectivity index (χ4n) is 0.890. The van der Waals surface area contributed by atoms with Gasteiger partial charge in [-0.3, -0.25) is 0 Å². The van der Waals surface area contributed by atoms with Crippen molar-refractivity contribution in [1.29, 1.82) is 0 Å². The average molecular weight is 205 g/mol. The summed E-state index contributed by atoms with van der Waals surface area (Å²) in [4.78, 5) is 0. The molecule has 0 heterocycles. The van der Waals surface area contributed by atoms with Crippen molar-refractivity contribution in [1.82, 2.24) is 0 Å². The first-order valence-electron chi connectivity index (χ1n) is 3.88. The Morgan fingerprint density at radius 1 is 1.29 bits per heavy atom. The van der Waals surface area contributed by atoms with Crippen molar-refractivity contribution in [2.24, 2.45) is 0 Å². The zero-order valence-corrected chi connectivity index (χ0v) is 7.17. The third-order valence-corrected chi connectivity index (χ3v) is 1.47. The van der Waals surface area contributed by atoms with E-state index < -0.39 is 19.4 Å². The molecule has 5 heteroatoms. The van der Waals surface area contributed by atoms with Gasteiger partial charge in [0.2, 0.25) is 0 Å². The summed E-state index contributed by atoms with van der Waals surface area (Å²) in [6, 6.07) is 5.70.